The summed E-state index contributed by atoms with van der Waals surface area (Å²) in [5, 5.41) is 2.92. The molecule has 2 aromatic carbocycles. The number of ether oxygens (including phenoxy) is 1. The van der Waals surface area contributed by atoms with Crippen molar-refractivity contribution < 1.29 is 9.53 Å². The van der Waals surface area contributed by atoms with E-state index >= 15 is 0 Å². The molecule has 2 aromatic rings. The zero-order valence-corrected chi connectivity index (χ0v) is 12.5. The molecule has 2 rings (SSSR count). The second-order valence-electron chi connectivity index (χ2n) is 5.29. The first kappa shape index (κ1) is 15.1. The minimum atomic E-state index is 0.00889. The summed E-state index contributed by atoms with van der Waals surface area (Å²) in [5.74, 6) is 0.937. The van der Waals surface area contributed by atoms with Gasteiger partial charge in [0.2, 0.25) is 5.91 Å². The van der Waals surface area contributed by atoms with Crippen LogP contribution in [0.25, 0.3) is 0 Å². The van der Waals surface area contributed by atoms with Gasteiger partial charge in [-0.3, -0.25) is 4.79 Å². The molecule has 0 aliphatic rings. The summed E-state index contributed by atoms with van der Waals surface area (Å²) in [6, 6.07) is 17.8. The molecular formula is C18H21NO2. The highest BCUT2D eigenvalue weighted by atomic mass is 16.5. The lowest BCUT2D eigenvalue weighted by molar-refractivity contribution is -0.124. The molecule has 0 saturated heterocycles. The summed E-state index contributed by atoms with van der Waals surface area (Å²) in [7, 11) is 0. The molecule has 1 amide bonds. The summed E-state index contributed by atoms with van der Waals surface area (Å²) in [6.07, 6.45) is 0. The fraction of sp³-hybridized carbons (Fsp3) is 0.278. The van der Waals surface area contributed by atoms with Crippen LogP contribution in [-0.4, -0.2) is 5.91 Å². The van der Waals surface area contributed by atoms with Crippen LogP contribution in [0, 0.1) is 5.92 Å². The first-order valence-corrected chi connectivity index (χ1v) is 7.18. The summed E-state index contributed by atoms with van der Waals surface area (Å²) >= 11 is 0. The number of carbonyl (C=O) groups excluding carboxylic acids is 1. The highest BCUT2D eigenvalue weighted by Crippen LogP contribution is 2.12. The van der Waals surface area contributed by atoms with Crippen molar-refractivity contribution in [1.82, 2.24) is 5.32 Å². The van der Waals surface area contributed by atoms with Crippen molar-refractivity contribution in [2.24, 2.45) is 5.92 Å². The average Bonchev–Trinajstić information content (AvgIpc) is 2.52. The van der Waals surface area contributed by atoms with Crippen molar-refractivity contribution in [3.8, 4) is 5.75 Å². The molecule has 110 valence electrons. The first-order chi connectivity index (χ1) is 10.1. The van der Waals surface area contributed by atoms with E-state index in [-0.39, 0.29) is 11.8 Å². The second kappa shape index (κ2) is 7.48. The van der Waals surface area contributed by atoms with Crippen LogP contribution in [0.1, 0.15) is 25.0 Å². The highest BCUT2D eigenvalue weighted by molar-refractivity contribution is 5.77. The number of para-hydroxylation sites is 1. The van der Waals surface area contributed by atoms with Crippen LogP contribution < -0.4 is 10.1 Å². The van der Waals surface area contributed by atoms with E-state index in [1.165, 1.54) is 0 Å². The molecule has 0 bridgehead atoms. The zero-order valence-electron chi connectivity index (χ0n) is 12.5. The Morgan fingerprint density at radius 1 is 1.05 bits per heavy atom. The molecule has 0 aromatic heterocycles. The van der Waals surface area contributed by atoms with Gasteiger partial charge in [0, 0.05) is 12.5 Å². The van der Waals surface area contributed by atoms with Gasteiger partial charge in [0.25, 0.3) is 0 Å². The lowest BCUT2D eigenvalue weighted by atomic mass is 10.1. The van der Waals surface area contributed by atoms with Crippen LogP contribution >= 0.6 is 0 Å². The standard InChI is InChI=1S/C18H21NO2/c1-14(2)18(20)19-12-15-7-6-8-16(11-15)13-21-17-9-4-3-5-10-17/h3-11,14H,12-13H2,1-2H3,(H,19,20). The average molecular weight is 283 g/mol. The van der Waals surface area contributed by atoms with Crippen molar-refractivity contribution in [3.63, 3.8) is 0 Å². The van der Waals surface area contributed by atoms with Gasteiger partial charge < -0.3 is 10.1 Å². The van der Waals surface area contributed by atoms with Crippen molar-refractivity contribution in [1.29, 1.82) is 0 Å². The monoisotopic (exact) mass is 283 g/mol. The maximum atomic E-state index is 11.6. The molecule has 0 fully saturated rings. The zero-order chi connectivity index (χ0) is 15.1. The van der Waals surface area contributed by atoms with E-state index in [4.69, 9.17) is 4.74 Å². The number of benzene rings is 2. The third-order valence-corrected chi connectivity index (χ3v) is 3.13. The quantitative estimate of drug-likeness (QED) is 0.880. The molecule has 1 N–H and O–H groups in total. The number of carbonyl (C=O) groups is 1. The Morgan fingerprint density at radius 3 is 2.48 bits per heavy atom. The van der Waals surface area contributed by atoms with E-state index in [2.05, 4.69) is 11.4 Å². The Kier molecular flexibility index (Phi) is 5.38. The molecule has 21 heavy (non-hydrogen) atoms. The van der Waals surface area contributed by atoms with E-state index in [1.54, 1.807) is 0 Å². The molecule has 0 atom stereocenters. The van der Waals surface area contributed by atoms with Gasteiger partial charge in [-0.2, -0.15) is 0 Å². The smallest absolute Gasteiger partial charge is 0.222 e. The van der Waals surface area contributed by atoms with Crippen LogP contribution in [0.3, 0.4) is 0 Å². The molecular weight excluding hydrogens is 262 g/mol. The second-order valence-corrected chi connectivity index (χ2v) is 5.29. The fourth-order valence-electron chi connectivity index (χ4n) is 1.91. The van der Waals surface area contributed by atoms with Gasteiger partial charge in [-0.15, -0.1) is 0 Å². The lowest BCUT2D eigenvalue weighted by Crippen LogP contribution is -2.27. The maximum Gasteiger partial charge on any atom is 0.222 e. The third-order valence-electron chi connectivity index (χ3n) is 3.13. The largest absolute Gasteiger partial charge is 0.489 e. The summed E-state index contributed by atoms with van der Waals surface area (Å²) in [4.78, 5) is 11.6. The minimum Gasteiger partial charge on any atom is -0.489 e. The Labute approximate surface area is 126 Å². The van der Waals surface area contributed by atoms with Crippen molar-refractivity contribution in [2.45, 2.75) is 27.0 Å². The van der Waals surface area contributed by atoms with Gasteiger partial charge >= 0.3 is 0 Å². The van der Waals surface area contributed by atoms with Gasteiger partial charge in [-0.1, -0.05) is 56.3 Å². The van der Waals surface area contributed by atoms with Gasteiger partial charge in [-0.25, -0.2) is 0 Å². The van der Waals surface area contributed by atoms with Crippen LogP contribution in [0.5, 0.6) is 5.75 Å². The topological polar surface area (TPSA) is 38.3 Å². The van der Waals surface area contributed by atoms with Gasteiger partial charge in [0.1, 0.15) is 12.4 Å². The Hall–Kier alpha value is -2.29. The molecule has 3 heteroatoms. The molecule has 0 unspecified atom stereocenters. The molecule has 0 radical (unpaired) electrons. The van der Waals surface area contributed by atoms with Crippen molar-refractivity contribution in [2.75, 3.05) is 0 Å². The number of nitrogens with one attached hydrogen (secondary N) is 1. The highest BCUT2D eigenvalue weighted by Gasteiger charge is 2.06. The minimum absolute atomic E-state index is 0.00889. The number of amides is 1. The Bertz CT molecular complexity index is 579. The molecule has 0 heterocycles. The normalized spacial score (nSPS) is 10.4. The molecule has 3 nitrogen and oxygen atoms in total. The Balaban J connectivity index is 1.90. The fourth-order valence-corrected chi connectivity index (χ4v) is 1.91. The summed E-state index contributed by atoms with van der Waals surface area (Å²) in [5.41, 5.74) is 2.17. The molecule has 0 spiro atoms. The van der Waals surface area contributed by atoms with Crippen LogP contribution in [0.4, 0.5) is 0 Å². The molecule has 0 aliphatic carbocycles. The van der Waals surface area contributed by atoms with Gasteiger partial charge in [0.05, 0.1) is 0 Å². The van der Waals surface area contributed by atoms with E-state index in [0.29, 0.717) is 13.2 Å². The lowest BCUT2D eigenvalue weighted by Gasteiger charge is -2.10. The number of hydrogen-bond acceptors (Lipinski definition) is 2. The van der Waals surface area contributed by atoms with E-state index in [1.807, 2.05) is 62.4 Å². The van der Waals surface area contributed by atoms with Crippen molar-refractivity contribution >= 4 is 5.91 Å². The first-order valence-electron chi connectivity index (χ1n) is 7.18. The van der Waals surface area contributed by atoms with Crippen molar-refractivity contribution in [3.05, 3.63) is 65.7 Å². The Morgan fingerprint density at radius 2 is 1.76 bits per heavy atom. The summed E-state index contributed by atoms with van der Waals surface area (Å²) < 4.78 is 5.72. The van der Waals surface area contributed by atoms with Gasteiger partial charge in [0.15, 0.2) is 0 Å². The van der Waals surface area contributed by atoms with E-state index in [9.17, 15) is 4.79 Å². The summed E-state index contributed by atoms with van der Waals surface area (Å²) in [6.45, 7) is 4.85. The maximum absolute atomic E-state index is 11.6. The van der Waals surface area contributed by atoms with Crippen LogP contribution in [0.2, 0.25) is 0 Å². The van der Waals surface area contributed by atoms with Crippen LogP contribution in [-0.2, 0) is 17.9 Å². The predicted octanol–water partition coefficient (Wildman–Crippen LogP) is 3.54. The van der Waals surface area contributed by atoms with Gasteiger partial charge in [-0.05, 0) is 23.3 Å². The van der Waals surface area contributed by atoms with E-state index in [0.717, 1.165) is 16.9 Å². The third kappa shape index (κ3) is 4.95. The van der Waals surface area contributed by atoms with Crippen LogP contribution in [0.15, 0.2) is 54.6 Å². The predicted molar refractivity (Wildman–Crippen MR) is 83.9 cm³/mol. The SMILES string of the molecule is CC(C)C(=O)NCc1cccc(COc2ccccc2)c1. The molecule has 0 aliphatic heterocycles. The van der Waals surface area contributed by atoms with E-state index < -0.39 is 0 Å². The number of hydrogen-bond donors (Lipinski definition) is 1. The molecule has 0 saturated carbocycles. The number of rotatable bonds is 6.